The number of ether oxygens (including phenoxy) is 2. The maximum absolute atomic E-state index is 11.7. The first kappa shape index (κ1) is 13.3. The van der Waals surface area contributed by atoms with E-state index in [1.54, 1.807) is 7.11 Å². The smallest absolute Gasteiger partial charge is 0.221 e. The minimum absolute atomic E-state index is 0.0943. The first-order valence-corrected chi connectivity index (χ1v) is 7.09. The summed E-state index contributed by atoms with van der Waals surface area (Å²) in [5, 5.41) is 3.03. The topological polar surface area (TPSA) is 47.6 Å². The van der Waals surface area contributed by atoms with Crippen LogP contribution in [-0.2, 0) is 11.2 Å². The molecule has 2 aliphatic heterocycles. The Bertz CT molecular complexity index is 565. The summed E-state index contributed by atoms with van der Waals surface area (Å²) in [4.78, 5) is 11.7. The standard InChI is InChI=1S/C16H21NO3/c1-9-5-10-6-14(19-4)11(7-13(10)20-9)12-8-15(18)17-16(12,2)3/h6-7,9,12H,5,8H2,1-4H3,(H,17,18). The molecule has 4 nitrogen and oxygen atoms in total. The number of nitrogens with one attached hydrogen (secondary N) is 1. The van der Waals surface area contributed by atoms with Crippen molar-refractivity contribution in [2.24, 2.45) is 0 Å². The Kier molecular flexibility index (Phi) is 2.92. The zero-order chi connectivity index (χ0) is 14.5. The van der Waals surface area contributed by atoms with Gasteiger partial charge in [-0.05, 0) is 32.9 Å². The monoisotopic (exact) mass is 275 g/mol. The number of benzene rings is 1. The second kappa shape index (κ2) is 4.40. The van der Waals surface area contributed by atoms with Crippen molar-refractivity contribution in [3.63, 3.8) is 0 Å². The molecule has 2 unspecified atom stereocenters. The normalized spacial score (nSPS) is 26.9. The molecule has 0 saturated carbocycles. The lowest BCUT2D eigenvalue weighted by Gasteiger charge is -2.28. The molecule has 0 radical (unpaired) electrons. The maximum Gasteiger partial charge on any atom is 0.221 e. The molecule has 2 aliphatic rings. The van der Waals surface area contributed by atoms with E-state index in [2.05, 4.69) is 38.2 Å². The van der Waals surface area contributed by atoms with E-state index in [1.807, 2.05) is 0 Å². The van der Waals surface area contributed by atoms with Crippen LogP contribution in [0.4, 0.5) is 0 Å². The lowest BCUT2D eigenvalue weighted by atomic mass is 9.82. The molecule has 1 fully saturated rings. The molecule has 0 aliphatic carbocycles. The van der Waals surface area contributed by atoms with E-state index in [9.17, 15) is 4.79 Å². The van der Waals surface area contributed by atoms with Gasteiger partial charge in [0.2, 0.25) is 5.91 Å². The van der Waals surface area contributed by atoms with E-state index in [0.717, 1.165) is 23.5 Å². The van der Waals surface area contributed by atoms with Gasteiger partial charge >= 0.3 is 0 Å². The fourth-order valence-corrected chi connectivity index (χ4v) is 3.34. The summed E-state index contributed by atoms with van der Waals surface area (Å²) in [6.07, 6.45) is 1.62. The van der Waals surface area contributed by atoms with Gasteiger partial charge in [0, 0.05) is 35.4 Å². The quantitative estimate of drug-likeness (QED) is 0.901. The molecule has 0 aromatic heterocycles. The van der Waals surface area contributed by atoms with Gasteiger partial charge in [-0.15, -0.1) is 0 Å². The number of hydrogen-bond acceptors (Lipinski definition) is 3. The zero-order valence-corrected chi connectivity index (χ0v) is 12.4. The summed E-state index contributed by atoms with van der Waals surface area (Å²) in [7, 11) is 1.68. The Morgan fingerprint density at radius 3 is 2.70 bits per heavy atom. The third kappa shape index (κ3) is 2.03. The molecule has 2 atom stereocenters. The van der Waals surface area contributed by atoms with E-state index < -0.39 is 0 Å². The van der Waals surface area contributed by atoms with Crippen LogP contribution in [0.1, 0.15) is 44.2 Å². The molecule has 108 valence electrons. The molecule has 2 heterocycles. The summed E-state index contributed by atoms with van der Waals surface area (Å²) in [6.45, 7) is 6.17. The first-order valence-electron chi connectivity index (χ1n) is 7.09. The molecule has 1 saturated heterocycles. The number of methoxy groups -OCH3 is 1. The summed E-state index contributed by atoms with van der Waals surface area (Å²) in [6, 6.07) is 4.12. The van der Waals surface area contributed by atoms with Crippen LogP contribution in [0.5, 0.6) is 11.5 Å². The second-order valence-corrected chi connectivity index (χ2v) is 6.36. The van der Waals surface area contributed by atoms with Gasteiger partial charge in [0.25, 0.3) is 0 Å². The first-order chi connectivity index (χ1) is 9.40. The summed E-state index contributed by atoms with van der Waals surface area (Å²) in [5.41, 5.74) is 1.99. The van der Waals surface area contributed by atoms with E-state index in [1.165, 1.54) is 5.56 Å². The highest BCUT2D eigenvalue weighted by atomic mass is 16.5. The van der Waals surface area contributed by atoms with Crippen molar-refractivity contribution >= 4 is 5.91 Å². The number of carbonyl (C=O) groups excluding carboxylic acids is 1. The molecule has 4 heteroatoms. The molecule has 20 heavy (non-hydrogen) atoms. The summed E-state index contributed by atoms with van der Waals surface area (Å²) < 4.78 is 11.4. The van der Waals surface area contributed by atoms with Crippen molar-refractivity contribution in [1.82, 2.24) is 5.32 Å². The van der Waals surface area contributed by atoms with Gasteiger partial charge in [-0.25, -0.2) is 0 Å². The van der Waals surface area contributed by atoms with E-state index in [-0.39, 0.29) is 23.5 Å². The predicted molar refractivity (Wildman–Crippen MR) is 76.4 cm³/mol. The zero-order valence-electron chi connectivity index (χ0n) is 12.4. The second-order valence-electron chi connectivity index (χ2n) is 6.36. The highest BCUT2D eigenvalue weighted by Crippen LogP contribution is 2.44. The average Bonchev–Trinajstić information content (AvgIpc) is 2.84. The van der Waals surface area contributed by atoms with Crippen molar-refractivity contribution in [2.45, 2.75) is 51.2 Å². The molecular weight excluding hydrogens is 254 g/mol. The number of carbonyl (C=O) groups is 1. The highest BCUT2D eigenvalue weighted by molar-refractivity contribution is 5.81. The Balaban J connectivity index is 2.05. The van der Waals surface area contributed by atoms with E-state index in [4.69, 9.17) is 9.47 Å². The minimum atomic E-state index is -0.261. The van der Waals surface area contributed by atoms with E-state index >= 15 is 0 Å². The Morgan fingerprint density at radius 2 is 2.10 bits per heavy atom. The largest absolute Gasteiger partial charge is 0.496 e. The molecule has 3 rings (SSSR count). The van der Waals surface area contributed by atoms with Crippen molar-refractivity contribution in [1.29, 1.82) is 0 Å². The van der Waals surface area contributed by atoms with Gasteiger partial charge in [-0.3, -0.25) is 4.79 Å². The van der Waals surface area contributed by atoms with Crippen LogP contribution in [0.25, 0.3) is 0 Å². The molecular formula is C16H21NO3. The molecule has 0 bridgehead atoms. The highest BCUT2D eigenvalue weighted by Gasteiger charge is 2.42. The van der Waals surface area contributed by atoms with Crippen molar-refractivity contribution in [3.8, 4) is 11.5 Å². The average molecular weight is 275 g/mol. The van der Waals surface area contributed by atoms with Gasteiger partial charge in [0.15, 0.2) is 0 Å². The SMILES string of the molecule is COc1cc2c(cc1C1CC(=O)NC1(C)C)OC(C)C2. The maximum atomic E-state index is 11.7. The van der Waals surface area contributed by atoms with Gasteiger partial charge in [-0.2, -0.15) is 0 Å². The number of amides is 1. The van der Waals surface area contributed by atoms with Crippen LogP contribution in [0.3, 0.4) is 0 Å². The van der Waals surface area contributed by atoms with Crippen molar-refractivity contribution in [3.05, 3.63) is 23.3 Å². The Hall–Kier alpha value is -1.71. The molecule has 1 amide bonds. The minimum Gasteiger partial charge on any atom is -0.496 e. The van der Waals surface area contributed by atoms with Crippen molar-refractivity contribution < 1.29 is 14.3 Å². The number of fused-ring (bicyclic) bond motifs is 1. The van der Waals surface area contributed by atoms with Gasteiger partial charge < -0.3 is 14.8 Å². The number of hydrogen-bond donors (Lipinski definition) is 1. The Labute approximate surface area is 119 Å². The summed E-state index contributed by atoms with van der Waals surface area (Å²) >= 11 is 0. The van der Waals surface area contributed by atoms with Crippen LogP contribution < -0.4 is 14.8 Å². The number of rotatable bonds is 2. The van der Waals surface area contributed by atoms with Crippen LogP contribution in [0, 0.1) is 0 Å². The van der Waals surface area contributed by atoms with E-state index in [0.29, 0.717) is 6.42 Å². The third-order valence-corrected chi connectivity index (χ3v) is 4.35. The van der Waals surface area contributed by atoms with Crippen LogP contribution in [-0.4, -0.2) is 24.7 Å². The predicted octanol–water partition coefficient (Wildman–Crippen LogP) is 2.40. The molecule has 1 N–H and O–H groups in total. The van der Waals surface area contributed by atoms with Gasteiger partial charge in [0.05, 0.1) is 7.11 Å². The van der Waals surface area contributed by atoms with Crippen LogP contribution in [0.15, 0.2) is 12.1 Å². The van der Waals surface area contributed by atoms with Crippen LogP contribution >= 0.6 is 0 Å². The third-order valence-electron chi connectivity index (χ3n) is 4.35. The van der Waals surface area contributed by atoms with Crippen molar-refractivity contribution in [2.75, 3.05) is 7.11 Å². The molecule has 0 spiro atoms. The van der Waals surface area contributed by atoms with Crippen LogP contribution in [0.2, 0.25) is 0 Å². The fraction of sp³-hybridized carbons (Fsp3) is 0.562. The summed E-state index contributed by atoms with van der Waals surface area (Å²) in [5.74, 6) is 1.99. The fourth-order valence-electron chi connectivity index (χ4n) is 3.34. The molecule has 1 aromatic carbocycles. The Morgan fingerprint density at radius 1 is 1.35 bits per heavy atom. The lowest BCUT2D eigenvalue weighted by Crippen LogP contribution is -2.38. The van der Waals surface area contributed by atoms with Gasteiger partial charge in [0.1, 0.15) is 17.6 Å². The molecule has 1 aromatic rings. The lowest BCUT2D eigenvalue weighted by molar-refractivity contribution is -0.119. The van der Waals surface area contributed by atoms with Gasteiger partial charge in [-0.1, -0.05) is 0 Å².